The third-order valence-corrected chi connectivity index (χ3v) is 6.36. The fourth-order valence-corrected chi connectivity index (χ4v) is 4.37. The average molecular weight is 470 g/mol. The number of carbonyl (C=O) groups is 1. The van der Waals surface area contributed by atoms with E-state index in [9.17, 15) is 10.1 Å². The molecule has 6 heteroatoms. The summed E-state index contributed by atoms with van der Waals surface area (Å²) in [6.07, 6.45) is 0. The molecule has 0 saturated carbocycles. The number of anilines is 1. The third-order valence-electron chi connectivity index (χ3n) is 5.02. The quantitative estimate of drug-likeness (QED) is 0.307. The molecule has 0 aliphatic rings. The Kier molecular flexibility index (Phi) is 7.09. The van der Waals surface area contributed by atoms with Crippen molar-refractivity contribution in [2.75, 3.05) is 5.32 Å². The van der Waals surface area contributed by atoms with Crippen LogP contribution in [0.5, 0.6) is 0 Å². The van der Waals surface area contributed by atoms with Crippen LogP contribution in [0.1, 0.15) is 12.5 Å². The molecule has 1 aromatic heterocycles. The second-order valence-corrected chi connectivity index (χ2v) is 9.10. The molecule has 0 aliphatic carbocycles. The van der Waals surface area contributed by atoms with E-state index in [-0.39, 0.29) is 5.91 Å². The molecule has 4 nitrogen and oxygen atoms in total. The number of thioether (sulfide) groups is 1. The minimum Gasteiger partial charge on any atom is -0.325 e. The first-order chi connectivity index (χ1) is 16.0. The molecular weight excluding hydrogens is 450 g/mol. The third kappa shape index (κ3) is 5.43. The van der Waals surface area contributed by atoms with Crippen molar-refractivity contribution in [2.24, 2.45) is 0 Å². The molecule has 1 amide bonds. The number of para-hydroxylation sites is 1. The molecule has 3 aromatic carbocycles. The molecule has 1 N–H and O–H groups in total. The number of nitrogens with one attached hydrogen (secondary N) is 1. The van der Waals surface area contributed by atoms with Crippen molar-refractivity contribution >= 4 is 35.0 Å². The fraction of sp³-hybridized carbons (Fsp3) is 0.0741. The van der Waals surface area contributed by atoms with Crippen LogP contribution in [0.15, 0.2) is 96.0 Å². The van der Waals surface area contributed by atoms with Gasteiger partial charge in [0.05, 0.1) is 16.5 Å². The lowest BCUT2D eigenvalue weighted by molar-refractivity contribution is -0.115. The number of hydrogen-bond acceptors (Lipinski definition) is 4. The molecule has 0 spiro atoms. The standard InChI is InChI=1S/C27H20ClN3OS/c1-18(26(32)30-22-10-6-3-7-11-22)33-27-24(17-29)23(19-12-14-21(28)15-13-19)16-25(31-27)20-8-4-2-5-9-20/h2-16,18H,1H3,(H,30,32)/t18-/m1/s1. The van der Waals surface area contributed by atoms with Gasteiger partial charge in [0.15, 0.2) is 0 Å². The van der Waals surface area contributed by atoms with Crippen LogP contribution in [0.3, 0.4) is 0 Å². The number of benzene rings is 3. The molecule has 0 unspecified atom stereocenters. The molecule has 4 rings (SSSR count). The summed E-state index contributed by atoms with van der Waals surface area (Å²) in [7, 11) is 0. The monoisotopic (exact) mass is 469 g/mol. The normalized spacial score (nSPS) is 11.4. The molecule has 0 bridgehead atoms. The first-order valence-corrected chi connectivity index (χ1v) is 11.6. The van der Waals surface area contributed by atoms with Gasteiger partial charge in [0.2, 0.25) is 5.91 Å². The van der Waals surface area contributed by atoms with E-state index in [0.717, 1.165) is 28.1 Å². The maximum Gasteiger partial charge on any atom is 0.237 e. The highest BCUT2D eigenvalue weighted by Gasteiger charge is 2.21. The SMILES string of the molecule is C[C@@H](Sc1nc(-c2ccccc2)cc(-c2ccc(Cl)cc2)c1C#N)C(=O)Nc1ccccc1. The molecule has 162 valence electrons. The van der Waals surface area contributed by atoms with Crippen LogP contribution in [-0.2, 0) is 4.79 Å². The molecule has 0 radical (unpaired) electrons. The summed E-state index contributed by atoms with van der Waals surface area (Å²) in [5.74, 6) is -0.157. The smallest absolute Gasteiger partial charge is 0.237 e. The Bertz CT molecular complexity index is 1300. The number of amides is 1. The predicted molar refractivity (Wildman–Crippen MR) is 135 cm³/mol. The van der Waals surface area contributed by atoms with Crippen LogP contribution in [0.2, 0.25) is 5.02 Å². The molecule has 0 fully saturated rings. The van der Waals surface area contributed by atoms with E-state index in [1.165, 1.54) is 11.8 Å². The highest BCUT2D eigenvalue weighted by Crippen LogP contribution is 2.36. The summed E-state index contributed by atoms with van der Waals surface area (Å²) in [5.41, 5.74) is 4.43. The van der Waals surface area contributed by atoms with Gasteiger partial charge in [0, 0.05) is 21.8 Å². The first-order valence-electron chi connectivity index (χ1n) is 10.3. The van der Waals surface area contributed by atoms with Crippen molar-refractivity contribution in [3.05, 3.63) is 102 Å². The molecule has 1 atom stereocenters. The Morgan fingerprint density at radius 2 is 1.61 bits per heavy atom. The van der Waals surface area contributed by atoms with Crippen LogP contribution in [0.25, 0.3) is 22.4 Å². The number of nitrogens with zero attached hydrogens (tertiary/aromatic N) is 2. The van der Waals surface area contributed by atoms with Crippen molar-refractivity contribution in [1.29, 1.82) is 5.26 Å². The van der Waals surface area contributed by atoms with Crippen LogP contribution in [0.4, 0.5) is 5.69 Å². The molecule has 0 aliphatic heterocycles. The predicted octanol–water partition coefficient (Wildman–Crippen LogP) is 7.06. The van der Waals surface area contributed by atoms with Gasteiger partial charge in [0.25, 0.3) is 0 Å². The van der Waals surface area contributed by atoms with Crippen molar-refractivity contribution < 1.29 is 4.79 Å². The fourth-order valence-electron chi connectivity index (χ4n) is 3.32. The van der Waals surface area contributed by atoms with Gasteiger partial charge in [-0.05, 0) is 42.8 Å². The maximum absolute atomic E-state index is 12.8. The Labute approximate surface area is 202 Å². The number of hydrogen-bond donors (Lipinski definition) is 1. The van der Waals surface area contributed by atoms with E-state index < -0.39 is 5.25 Å². The summed E-state index contributed by atoms with van der Waals surface area (Å²) < 4.78 is 0. The molecule has 4 aromatic rings. The number of pyridine rings is 1. The number of carbonyl (C=O) groups excluding carboxylic acids is 1. The Morgan fingerprint density at radius 3 is 2.24 bits per heavy atom. The number of aromatic nitrogens is 1. The maximum atomic E-state index is 12.8. The van der Waals surface area contributed by atoms with Crippen LogP contribution in [-0.4, -0.2) is 16.1 Å². The Hall–Kier alpha value is -3.59. The molecule has 1 heterocycles. The van der Waals surface area contributed by atoms with Gasteiger partial charge in [-0.3, -0.25) is 4.79 Å². The summed E-state index contributed by atoms with van der Waals surface area (Å²) in [5, 5.41) is 13.6. The number of nitriles is 1. The molecule has 0 saturated heterocycles. The second-order valence-electron chi connectivity index (χ2n) is 7.34. The van der Waals surface area contributed by atoms with Crippen molar-refractivity contribution in [3.8, 4) is 28.5 Å². The van der Waals surface area contributed by atoms with Crippen LogP contribution < -0.4 is 5.32 Å². The lowest BCUT2D eigenvalue weighted by Gasteiger charge is -2.16. The van der Waals surface area contributed by atoms with Gasteiger partial charge in [-0.15, -0.1) is 0 Å². The summed E-state index contributed by atoms with van der Waals surface area (Å²) in [4.78, 5) is 17.6. The van der Waals surface area contributed by atoms with Crippen molar-refractivity contribution in [3.63, 3.8) is 0 Å². The summed E-state index contributed by atoms with van der Waals surface area (Å²) >= 11 is 7.35. The topological polar surface area (TPSA) is 65.8 Å². The zero-order valence-corrected chi connectivity index (χ0v) is 19.4. The van der Waals surface area contributed by atoms with Gasteiger partial charge in [-0.25, -0.2) is 4.98 Å². The van der Waals surface area contributed by atoms with E-state index in [0.29, 0.717) is 15.6 Å². The molecule has 33 heavy (non-hydrogen) atoms. The lowest BCUT2D eigenvalue weighted by Crippen LogP contribution is -2.22. The van der Waals surface area contributed by atoms with Gasteiger partial charge < -0.3 is 5.32 Å². The number of rotatable bonds is 6. The van der Waals surface area contributed by atoms with Crippen molar-refractivity contribution in [1.82, 2.24) is 4.98 Å². The summed E-state index contributed by atoms with van der Waals surface area (Å²) in [6, 6.07) is 30.6. The van der Waals surface area contributed by atoms with Crippen LogP contribution in [0, 0.1) is 11.3 Å². The highest BCUT2D eigenvalue weighted by atomic mass is 35.5. The zero-order chi connectivity index (χ0) is 23.2. The van der Waals surface area contributed by atoms with Gasteiger partial charge in [-0.1, -0.05) is 84.0 Å². The zero-order valence-electron chi connectivity index (χ0n) is 17.8. The number of halogens is 1. The summed E-state index contributed by atoms with van der Waals surface area (Å²) in [6.45, 7) is 1.81. The average Bonchev–Trinajstić information content (AvgIpc) is 2.85. The van der Waals surface area contributed by atoms with E-state index in [1.54, 1.807) is 12.1 Å². The van der Waals surface area contributed by atoms with Gasteiger partial charge >= 0.3 is 0 Å². The van der Waals surface area contributed by atoms with E-state index >= 15 is 0 Å². The lowest BCUT2D eigenvalue weighted by atomic mass is 9.99. The Balaban J connectivity index is 1.74. The van der Waals surface area contributed by atoms with E-state index in [1.807, 2.05) is 85.8 Å². The van der Waals surface area contributed by atoms with Crippen molar-refractivity contribution in [2.45, 2.75) is 17.2 Å². The van der Waals surface area contributed by atoms with Gasteiger partial charge in [-0.2, -0.15) is 5.26 Å². The largest absolute Gasteiger partial charge is 0.325 e. The first kappa shape index (κ1) is 22.6. The minimum absolute atomic E-state index is 0.157. The second kappa shape index (κ2) is 10.4. The minimum atomic E-state index is -0.464. The van der Waals surface area contributed by atoms with Crippen LogP contribution >= 0.6 is 23.4 Å². The van der Waals surface area contributed by atoms with Gasteiger partial charge in [0.1, 0.15) is 11.1 Å². The van der Waals surface area contributed by atoms with E-state index in [4.69, 9.17) is 16.6 Å². The molecular formula is C27H20ClN3OS. The van der Waals surface area contributed by atoms with E-state index in [2.05, 4.69) is 11.4 Å². The Morgan fingerprint density at radius 1 is 0.970 bits per heavy atom. The highest BCUT2D eigenvalue weighted by molar-refractivity contribution is 8.00.